The van der Waals surface area contributed by atoms with Crippen LogP contribution in [0.25, 0.3) is 11.6 Å². The molecule has 0 radical (unpaired) electrons. The largest absolute Gasteiger partial charge is 0.461 e. The number of benzene rings is 1. The van der Waals surface area contributed by atoms with Gasteiger partial charge in [0.1, 0.15) is 0 Å². The van der Waals surface area contributed by atoms with Crippen LogP contribution in [0, 0.1) is 0 Å². The highest BCUT2D eigenvalue weighted by atomic mass is 35.5. The molecule has 26 heavy (non-hydrogen) atoms. The molecule has 1 amide bonds. The first-order chi connectivity index (χ1) is 12.4. The van der Waals surface area contributed by atoms with E-state index in [1.54, 1.807) is 30.5 Å². The van der Waals surface area contributed by atoms with E-state index in [1.807, 2.05) is 24.5 Å². The fraction of sp³-hybridized carbons (Fsp3) is 0.235. The van der Waals surface area contributed by atoms with Crippen molar-refractivity contribution in [2.24, 2.45) is 0 Å². The molecule has 1 N–H and O–H groups in total. The maximum Gasteiger partial charge on any atom is 0.234 e. The summed E-state index contributed by atoms with van der Waals surface area (Å²) in [4.78, 5) is 12.2. The lowest BCUT2D eigenvalue weighted by Crippen LogP contribution is -2.15. The van der Waals surface area contributed by atoms with Crippen LogP contribution in [-0.4, -0.2) is 26.4 Å². The van der Waals surface area contributed by atoms with Crippen LogP contribution in [-0.2, 0) is 4.79 Å². The molecule has 6 nitrogen and oxygen atoms in total. The van der Waals surface area contributed by atoms with E-state index in [0.717, 1.165) is 0 Å². The number of hydrogen-bond donors (Lipinski definition) is 1. The Morgan fingerprint density at radius 3 is 2.62 bits per heavy atom. The van der Waals surface area contributed by atoms with Crippen molar-refractivity contribution in [2.75, 3.05) is 11.1 Å². The van der Waals surface area contributed by atoms with E-state index >= 15 is 0 Å². The molecule has 2 heterocycles. The van der Waals surface area contributed by atoms with Crippen LogP contribution in [0.3, 0.4) is 0 Å². The summed E-state index contributed by atoms with van der Waals surface area (Å²) in [5, 5.41) is 12.7. The van der Waals surface area contributed by atoms with Gasteiger partial charge in [0.25, 0.3) is 0 Å². The lowest BCUT2D eigenvalue weighted by atomic mass is 10.3. The highest BCUT2D eigenvalue weighted by Crippen LogP contribution is 2.28. The predicted octanol–water partition coefficient (Wildman–Crippen LogP) is 5.16. The molecular formula is C17H16Cl2N4O2S. The highest BCUT2D eigenvalue weighted by Gasteiger charge is 2.19. The lowest BCUT2D eigenvalue weighted by molar-refractivity contribution is -0.113. The van der Waals surface area contributed by atoms with Gasteiger partial charge >= 0.3 is 0 Å². The summed E-state index contributed by atoms with van der Waals surface area (Å²) >= 11 is 13.2. The second kappa shape index (κ2) is 8.16. The quantitative estimate of drug-likeness (QED) is 0.568. The summed E-state index contributed by atoms with van der Waals surface area (Å²) in [6, 6.07) is 8.62. The maximum absolute atomic E-state index is 12.2. The van der Waals surface area contributed by atoms with Crippen molar-refractivity contribution in [3.63, 3.8) is 0 Å². The van der Waals surface area contributed by atoms with Crippen molar-refractivity contribution in [3.8, 4) is 11.6 Å². The smallest absolute Gasteiger partial charge is 0.234 e. The van der Waals surface area contributed by atoms with E-state index in [0.29, 0.717) is 32.5 Å². The number of thioether (sulfide) groups is 1. The van der Waals surface area contributed by atoms with E-state index in [9.17, 15) is 4.79 Å². The van der Waals surface area contributed by atoms with E-state index in [4.69, 9.17) is 27.6 Å². The van der Waals surface area contributed by atoms with Crippen molar-refractivity contribution in [2.45, 2.75) is 25.0 Å². The Hall–Kier alpha value is -1.96. The van der Waals surface area contributed by atoms with Gasteiger partial charge < -0.3 is 9.73 Å². The number of furan rings is 1. The fourth-order valence-corrected chi connectivity index (χ4v) is 3.76. The summed E-state index contributed by atoms with van der Waals surface area (Å²) in [6.45, 7) is 4.04. The minimum atomic E-state index is -0.189. The molecule has 1 aromatic carbocycles. The van der Waals surface area contributed by atoms with Gasteiger partial charge in [-0.3, -0.25) is 9.36 Å². The summed E-state index contributed by atoms with van der Waals surface area (Å²) in [5.41, 5.74) is 0.551. The summed E-state index contributed by atoms with van der Waals surface area (Å²) < 4.78 is 7.35. The molecule has 0 aliphatic rings. The Kier molecular flexibility index (Phi) is 5.90. The van der Waals surface area contributed by atoms with Crippen molar-refractivity contribution < 1.29 is 9.21 Å². The number of aromatic nitrogens is 3. The Labute approximate surface area is 164 Å². The zero-order valence-corrected chi connectivity index (χ0v) is 16.4. The van der Waals surface area contributed by atoms with E-state index in [2.05, 4.69) is 15.5 Å². The van der Waals surface area contributed by atoms with Crippen molar-refractivity contribution in [1.82, 2.24) is 14.8 Å². The SMILES string of the molecule is CC(C)n1c(SCC(=O)Nc2cc(Cl)cc(Cl)c2)nnc1-c1ccco1. The molecule has 0 fully saturated rings. The molecule has 3 rings (SSSR count). The molecular weight excluding hydrogens is 395 g/mol. The predicted molar refractivity (Wildman–Crippen MR) is 104 cm³/mol. The van der Waals surface area contributed by atoms with Gasteiger partial charge in [0.15, 0.2) is 10.9 Å². The Morgan fingerprint density at radius 1 is 1.27 bits per heavy atom. The lowest BCUT2D eigenvalue weighted by Gasteiger charge is -2.12. The topological polar surface area (TPSA) is 73.0 Å². The van der Waals surface area contributed by atoms with Crippen LogP contribution >= 0.6 is 35.0 Å². The van der Waals surface area contributed by atoms with Gasteiger partial charge in [0.05, 0.1) is 12.0 Å². The summed E-state index contributed by atoms with van der Waals surface area (Å²) in [6.07, 6.45) is 1.59. The third-order valence-corrected chi connectivity index (χ3v) is 4.78. The van der Waals surface area contributed by atoms with E-state index in [-0.39, 0.29) is 17.7 Å². The van der Waals surface area contributed by atoms with Gasteiger partial charge in [-0.05, 0) is 44.2 Å². The van der Waals surface area contributed by atoms with Crippen LogP contribution < -0.4 is 5.32 Å². The first-order valence-electron chi connectivity index (χ1n) is 7.81. The van der Waals surface area contributed by atoms with Gasteiger partial charge in [0, 0.05) is 21.8 Å². The standard InChI is InChI=1S/C17H16Cl2N4O2S/c1-10(2)23-16(14-4-3-5-25-14)21-22-17(23)26-9-15(24)20-13-7-11(18)6-12(19)8-13/h3-8,10H,9H2,1-2H3,(H,20,24). The minimum absolute atomic E-state index is 0.113. The molecule has 0 spiro atoms. The van der Waals surface area contributed by atoms with Gasteiger partial charge in [-0.25, -0.2) is 0 Å². The number of nitrogens with zero attached hydrogens (tertiary/aromatic N) is 3. The molecule has 0 unspecified atom stereocenters. The molecule has 0 aliphatic heterocycles. The number of halogens is 2. The highest BCUT2D eigenvalue weighted by molar-refractivity contribution is 7.99. The van der Waals surface area contributed by atoms with Crippen LogP contribution in [0.2, 0.25) is 10.0 Å². The molecule has 0 saturated carbocycles. The van der Waals surface area contributed by atoms with Crippen LogP contribution in [0.4, 0.5) is 5.69 Å². The van der Waals surface area contributed by atoms with Crippen LogP contribution in [0.5, 0.6) is 0 Å². The number of anilines is 1. The molecule has 0 atom stereocenters. The number of nitrogens with one attached hydrogen (secondary N) is 1. The van der Waals surface area contributed by atoms with Crippen LogP contribution in [0.15, 0.2) is 46.2 Å². The fourth-order valence-electron chi connectivity index (χ4n) is 2.37. The number of hydrogen-bond acceptors (Lipinski definition) is 5. The average Bonchev–Trinajstić information content (AvgIpc) is 3.21. The van der Waals surface area contributed by atoms with Crippen molar-refractivity contribution in [1.29, 1.82) is 0 Å². The molecule has 9 heteroatoms. The monoisotopic (exact) mass is 410 g/mol. The molecule has 2 aromatic heterocycles. The number of rotatable bonds is 6. The second-order valence-electron chi connectivity index (χ2n) is 5.74. The summed E-state index contributed by atoms with van der Waals surface area (Å²) in [7, 11) is 0. The van der Waals surface area contributed by atoms with Gasteiger partial charge in [-0.15, -0.1) is 10.2 Å². The second-order valence-corrected chi connectivity index (χ2v) is 7.56. The Morgan fingerprint density at radius 2 is 2.00 bits per heavy atom. The maximum atomic E-state index is 12.2. The molecule has 0 saturated heterocycles. The summed E-state index contributed by atoms with van der Waals surface area (Å²) in [5.74, 6) is 1.25. The third-order valence-electron chi connectivity index (χ3n) is 3.40. The van der Waals surface area contributed by atoms with E-state index < -0.39 is 0 Å². The van der Waals surface area contributed by atoms with Gasteiger partial charge in [0.2, 0.25) is 11.7 Å². The minimum Gasteiger partial charge on any atom is -0.461 e. The van der Waals surface area contributed by atoms with Gasteiger partial charge in [-0.2, -0.15) is 0 Å². The Balaban J connectivity index is 1.70. The molecule has 0 bridgehead atoms. The average molecular weight is 411 g/mol. The van der Waals surface area contributed by atoms with Gasteiger partial charge in [-0.1, -0.05) is 35.0 Å². The number of carbonyl (C=O) groups excluding carboxylic acids is 1. The zero-order chi connectivity index (χ0) is 18.7. The van der Waals surface area contributed by atoms with Crippen molar-refractivity contribution in [3.05, 3.63) is 46.6 Å². The Bertz CT molecular complexity index is 889. The molecule has 3 aromatic rings. The molecule has 0 aliphatic carbocycles. The normalized spacial score (nSPS) is 11.1. The zero-order valence-electron chi connectivity index (χ0n) is 14.1. The van der Waals surface area contributed by atoms with Crippen LogP contribution in [0.1, 0.15) is 19.9 Å². The van der Waals surface area contributed by atoms with Crippen molar-refractivity contribution >= 4 is 46.6 Å². The number of carbonyl (C=O) groups is 1. The first kappa shape index (κ1) is 18.8. The van der Waals surface area contributed by atoms with E-state index in [1.165, 1.54) is 11.8 Å². The molecule has 136 valence electrons. The first-order valence-corrected chi connectivity index (χ1v) is 9.55. The third kappa shape index (κ3) is 4.41. The number of amides is 1.